The van der Waals surface area contributed by atoms with Crippen LogP contribution >= 0.6 is 0 Å². The number of nitrogens with zero attached hydrogens (tertiary/aromatic N) is 4. The standard InChI is InChI=1S/C27H34N6O5/c1-16-15-32(3)31-18(16)25(27(2)8-5-6-9-27)30-20-19(22(34)23(20)35)29-17-7-10-28-21(24(17)37-4)26(36)33-11-13-38-14-12-33/h7,10,15,25,30H,5-6,8-9,11-14H2,1-4H3,(H,28,29). The van der Waals surface area contributed by atoms with Gasteiger partial charge in [-0.15, -0.1) is 0 Å². The number of ether oxygens (including phenoxy) is 2. The zero-order chi connectivity index (χ0) is 27.0. The summed E-state index contributed by atoms with van der Waals surface area (Å²) in [5, 5.41) is 11.2. The summed E-state index contributed by atoms with van der Waals surface area (Å²) < 4.78 is 12.7. The molecule has 5 rings (SSSR count). The van der Waals surface area contributed by atoms with E-state index in [0.29, 0.717) is 32.0 Å². The van der Waals surface area contributed by atoms with Crippen LogP contribution in [0.4, 0.5) is 17.1 Å². The summed E-state index contributed by atoms with van der Waals surface area (Å²) in [6.07, 6.45) is 7.63. The van der Waals surface area contributed by atoms with E-state index in [1.54, 1.807) is 15.6 Å². The SMILES string of the molecule is COc1c(Nc2c(NC(c3nn(C)cc3C)C3(C)CCCC3)c(=O)c2=O)ccnc1C(=O)N1CCOCC1. The molecule has 1 aliphatic carbocycles. The van der Waals surface area contributed by atoms with E-state index in [9.17, 15) is 14.4 Å². The Morgan fingerprint density at radius 3 is 2.47 bits per heavy atom. The van der Waals surface area contributed by atoms with Crippen molar-refractivity contribution in [1.82, 2.24) is 19.7 Å². The third kappa shape index (κ3) is 4.55. The van der Waals surface area contributed by atoms with Gasteiger partial charge in [0.15, 0.2) is 11.4 Å². The number of morpholine rings is 1. The second-order valence-electron chi connectivity index (χ2n) is 10.5. The molecule has 0 radical (unpaired) electrons. The number of amides is 1. The molecule has 202 valence electrons. The van der Waals surface area contributed by atoms with Gasteiger partial charge in [-0.3, -0.25) is 19.1 Å². The van der Waals surface area contributed by atoms with Gasteiger partial charge in [0.1, 0.15) is 11.4 Å². The predicted octanol–water partition coefficient (Wildman–Crippen LogP) is 2.68. The minimum Gasteiger partial charge on any atom is -0.492 e. The number of carbonyl (C=O) groups excluding carboxylic acids is 1. The monoisotopic (exact) mass is 522 g/mol. The minimum absolute atomic E-state index is 0.123. The van der Waals surface area contributed by atoms with Gasteiger partial charge in [-0.2, -0.15) is 5.10 Å². The average molecular weight is 523 g/mol. The quantitative estimate of drug-likeness (QED) is 0.429. The molecule has 1 saturated carbocycles. The van der Waals surface area contributed by atoms with Gasteiger partial charge in [0, 0.05) is 32.5 Å². The van der Waals surface area contributed by atoms with E-state index in [1.807, 2.05) is 20.2 Å². The van der Waals surface area contributed by atoms with Gasteiger partial charge in [0.05, 0.1) is 37.7 Å². The van der Waals surface area contributed by atoms with Crippen molar-refractivity contribution in [2.75, 3.05) is 44.0 Å². The first-order valence-corrected chi connectivity index (χ1v) is 13.0. The summed E-state index contributed by atoms with van der Waals surface area (Å²) in [5.74, 6) is -0.0696. The molecule has 0 bridgehead atoms. The van der Waals surface area contributed by atoms with Gasteiger partial charge in [-0.1, -0.05) is 19.8 Å². The van der Waals surface area contributed by atoms with Crippen LogP contribution in [-0.2, 0) is 11.8 Å². The predicted molar refractivity (Wildman–Crippen MR) is 143 cm³/mol. The molecule has 1 aliphatic heterocycles. The summed E-state index contributed by atoms with van der Waals surface area (Å²) in [6, 6.07) is 1.38. The molecule has 0 spiro atoms. The first-order chi connectivity index (χ1) is 18.2. The Hall–Kier alpha value is -3.73. The van der Waals surface area contributed by atoms with Crippen LogP contribution in [0.1, 0.15) is 60.4 Å². The van der Waals surface area contributed by atoms with Crippen molar-refractivity contribution < 1.29 is 14.3 Å². The van der Waals surface area contributed by atoms with Crippen LogP contribution in [0.25, 0.3) is 0 Å². The minimum atomic E-state index is -0.625. The lowest BCUT2D eigenvalue weighted by atomic mass is 9.78. The van der Waals surface area contributed by atoms with Gasteiger partial charge in [-0.05, 0) is 36.8 Å². The number of methoxy groups -OCH3 is 1. The maximum absolute atomic E-state index is 13.1. The fourth-order valence-electron chi connectivity index (χ4n) is 5.70. The third-order valence-corrected chi connectivity index (χ3v) is 7.83. The summed E-state index contributed by atoms with van der Waals surface area (Å²) >= 11 is 0. The Morgan fingerprint density at radius 1 is 1.16 bits per heavy atom. The molecule has 11 heteroatoms. The summed E-state index contributed by atoms with van der Waals surface area (Å²) in [5.41, 5.74) is 1.44. The van der Waals surface area contributed by atoms with E-state index < -0.39 is 10.9 Å². The average Bonchev–Trinajstić information content (AvgIpc) is 3.52. The summed E-state index contributed by atoms with van der Waals surface area (Å²) in [4.78, 5) is 44.6. The number of pyridine rings is 1. The fraction of sp³-hybridized carbons (Fsp3) is 0.519. The molecule has 38 heavy (non-hydrogen) atoms. The van der Waals surface area contributed by atoms with Crippen LogP contribution in [0.3, 0.4) is 0 Å². The van der Waals surface area contributed by atoms with Crippen LogP contribution < -0.4 is 26.2 Å². The van der Waals surface area contributed by atoms with Crippen molar-refractivity contribution in [3.8, 4) is 5.75 Å². The van der Waals surface area contributed by atoms with Crippen LogP contribution in [0.5, 0.6) is 5.75 Å². The number of anilines is 3. The molecule has 1 atom stereocenters. The van der Waals surface area contributed by atoms with Gasteiger partial charge >= 0.3 is 0 Å². The smallest absolute Gasteiger partial charge is 0.276 e. The Bertz CT molecular complexity index is 1410. The number of aromatic nitrogens is 3. The first kappa shape index (κ1) is 25.9. The van der Waals surface area contributed by atoms with Crippen molar-refractivity contribution >= 4 is 23.0 Å². The lowest BCUT2D eigenvalue weighted by molar-refractivity contribution is 0.0297. The van der Waals surface area contributed by atoms with E-state index in [4.69, 9.17) is 14.6 Å². The molecule has 1 saturated heterocycles. The molecule has 2 aliphatic rings. The Kier molecular flexibility index (Phi) is 6.95. The maximum atomic E-state index is 13.1. The molecule has 1 unspecified atom stereocenters. The van der Waals surface area contributed by atoms with E-state index in [0.717, 1.165) is 36.9 Å². The molecule has 1 aromatic carbocycles. The van der Waals surface area contributed by atoms with Gasteiger partial charge in [0.2, 0.25) is 0 Å². The topological polar surface area (TPSA) is 128 Å². The number of carbonyl (C=O) groups is 1. The highest BCUT2D eigenvalue weighted by Gasteiger charge is 2.41. The Balaban J connectivity index is 1.47. The fourth-order valence-corrected chi connectivity index (χ4v) is 5.70. The van der Waals surface area contributed by atoms with Crippen molar-refractivity contribution in [3.05, 3.63) is 55.9 Å². The molecule has 3 heterocycles. The summed E-state index contributed by atoms with van der Waals surface area (Å²) in [7, 11) is 3.32. The molecular formula is C27H34N6O5. The van der Waals surface area contributed by atoms with E-state index in [2.05, 4.69) is 22.5 Å². The number of hydrogen-bond acceptors (Lipinski definition) is 9. The number of hydrogen-bond donors (Lipinski definition) is 2. The number of aryl methyl sites for hydroxylation is 2. The van der Waals surface area contributed by atoms with Crippen LogP contribution in [0.2, 0.25) is 0 Å². The highest BCUT2D eigenvalue weighted by Crippen LogP contribution is 2.49. The van der Waals surface area contributed by atoms with Crippen LogP contribution in [0, 0.1) is 12.3 Å². The van der Waals surface area contributed by atoms with Crippen molar-refractivity contribution in [2.24, 2.45) is 12.5 Å². The van der Waals surface area contributed by atoms with E-state index in [-0.39, 0.29) is 40.2 Å². The second-order valence-corrected chi connectivity index (χ2v) is 10.5. The maximum Gasteiger partial charge on any atom is 0.276 e. The van der Waals surface area contributed by atoms with Crippen LogP contribution in [-0.4, -0.2) is 59.0 Å². The highest BCUT2D eigenvalue weighted by molar-refractivity contribution is 5.97. The van der Waals surface area contributed by atoms with Gasteiger partial charge < -0.3 is 25.0 Å². The lowest BCUT2D eigenvalue weighted by Crippen LogP contribution is -2.41. The second kappa shape index (κ2) is 10.2. The zero-order valence-corrected chi connectivity index (χ0v) is 22.3. The van der Waals surface area contributed by atoms with Crippen molar-refractivity contribution in [3.63, 3.8) is 0 Å². The third-order valence-electron chi connectivity index (χ3n) is 7.83. The molecule has 2 aromatic heterocycles. The molecule has 2 fully saturated rings. The number of nitrogens with one attached hydrogen (secondary N) is 2. The first-order valence-electron chi connectivity index (χ1n) is 13.0. The largest absolute Gasteiger partial charge is 0.492 e. The molecule has 1 amide bonds. The van der Waals surface area contributed by atoms with Crippen LogP contribution in [0.15, 0.2) is 28.0 Å². The van der Waals surface area contributed by atoms with Gasteiger partial charge in [-0.25, -0.2) is 4.98 Å². The molecule has 2 N–H and O–H groups in total. The Morgan fingerprint density at radius 2 is 1.84 bits per heavy atom. The highest BCUT2D eigenvalue weighted by atomic mass is 16.5. The Labute approximate surface area is 220 Å². The summed E-state index contributed by atoms with van der Waals surface area (Å²) in [6.45, 7) is 6.05. The number of rotatable bonds is 8. The normalized spacial score (nSPS) is 17.9. The molecule has 3 aromatic rings. The molecular weight excluding hydrogens is 488 g/mol. The van der Waals surface area contributed by atoms with Crippen molar-refractivity contribution in [1.29, 1.82) is 0 Å². The van der Waals surface area contributed by atoms with Crippen molar-refractivity contribution in [2.45, 2.75) is 45.6 Å². The van der Waals surface area contributed by atoms with Gasteiger partial charge in [0.25, 0.3) is 16.8 Å². The zero-order valence-electron chi connectivity index (χ0n) is 22.3. The van der Waals surface area contributed by atoms with E-state index >= 15 is 0 Å². The van der Waals surface area contributed by atoms with E-state index in [1.165, 1.54) is 13.3 Å². The lowest BCUT2D eigenvalue weighted by Gasteiger charge is -2.35. The molecule has 11 nitrogen and oxygen atoms in total.